The number of benzene rings is 1. The highest BCUT2D eigenvalue weighted by atomic mass is 35.5. The van der Waals surface area contributed by atoms with E-state index in [1.54, 1.807) is 18.5 Å². The van der Waals surface area contributed by atoms with Gasteiger partial charge in [-0.25, -0.2) is 9.98 Å². The molecule has 9 heteroatoms. The van der Waals surface area contributed by atoms with E-state index < -0.39 is 0 Å². The van der Waals surface area contributed by atoms with E-state index in [4.69, 9.17) is 0 Å². The third-order valence-electron chi connectivity index (χ3n) is 4.40. The highest BCUT2D eigenvalue weighted by Crippen LogP contribution is 2.21. The number of H-pyrrole nitrogens is 1. The molecule has 1 aromatic carbocycles. The quantitative estimate of drug-likeness (QED) is 0.464. The summed E-state index contributed by atoms with van der Waals surface area (Å²) < 4.78 is 0. The molecular formula is C20H21Cl2N5O2. The minimum atomic E-state index is -0.272. The number of aliphatic imine (C=N–C) groups is 1. The number of hydrogen-bond acceptors (Lipinski definition) is 5. The van der Waals surface area contributed by atoms with E-state index in [9.17, 15) is 9.90 Å². The number of pyridine rings is 1. The summed E-state index contributed by atoms with van der Waals surface area (Å²) in [5.41, 5.74) is 2.95. The number of aliphatic hydroxyl groups is 1. The van der Waals surface area contributed by atoms with Gasteiger partial charge >= 0.3 is 0 Å². The molecule has 0 fully saturated rings. The summed E-state index contributed by atoms with van der Waals surface area (Å²) in [7, 11) is 0. The average molecular weight is 434 g/mol. The largest absolute Gasteiger partial charge is 0.396 e. The molecule has 3 aromatic rings. The Bertz CT molecular complexity index is 1030. The van der Waals surface area contributed by atoms with Gasteiger partial charge in [-0.05, 0) is 30.2 Å². The first kappa shape index (κ1) is 22.4. The second-order valence-corrected chi connectivity index (χ2v) is 6.21. The van der Waals surface area contributed by atoms with E-state index in [1.807, 2.05) is 42.5 Å². The number of amides is 1. The molecule has 4 N–H and O–H groups in total. The van der Waals surface area contributed by atoms with E-state index in [0.29, 0.717) is 18.1 Å². The first-order valence-electron chi connectivity index (χ1n) is 8.71. The van der Waals surface area contributed by atoms with Gasteiger partial charge in [-0.15, -0.1) is 24.8 Å². The lowest BCUT2D eigenvalue weighted by molar-refractivity contribution is -0.115. The molecule has 0 bridgehead atoms. The summed E-state index contributed by atoms with van der Waals surface area (Å²) in [4.78, 5) is 24.0. The van der Waals surface area contributed by atoms with E-state index in [2.05, 4.69) is 25.6 Å². The van der Waals surface area contributed by atoms with Crippen LogP contribution in [0, 0.1) is 0 Å². The predicted octanol–water partition coefficient (Wildman–Crippen LogP) is 2.95. The van der Waals surface area contributed by atoms with Gasteiger partial charge < -0.3 is 15.4 Å². The summed E-state index contributed by atoms with van der Waals surface area (Å²) in [6, 6.07) is 13.4. The molecule has 29 heavy (non-hydrogen) atoms. The standard InChI is InChI=1S/C20H19N5O2.2ClH/c26-10-8-16(13-5-2-1-3-6-13)23-20-24-17(19(27)25-20)11-14-12-22-18-15(14)7-4-9-21-18;;/h1-7,9,11-12,16,26H,8,10H2,(H,21,22)(H2,23,24,25,27);2*1H. The van der Waals surface area contributed by atoms with Gasteiger partial charge in [0.2, 0.25) is 5.96 Å². The van der Waals surface area contributed by atoms with Crippen LogP contribution in [0.1, 0.15) is 23.6 Å². The number of nitrogens with zero attached hydrogens (tertiary/aromatic N) is 2. The van der Waals surface area contributed by atoms with Crippen LogP contribution in [0.3, 0.4) is 0 Å². The summed E-state index contributed by atoms with van der Waals surface area (Å²) in [6.07, 6.45) is 5.75. The zero-order valence-electron chi connectivity index (χ0n) is 15.3. The van der Waals surface area contributed by atoms with Crippen LogP contribution < -0.4 is 10.6 Å². The Labute approximate surface area is 180 Å². The monoisotopic (exact) mass is 433 g/mol. The lowest BCUT2D eigenvalue weighted by Crippen LogP contribution is -2.38. The number of nitrogens with one attached hydrogen (secondary N) is 3. The van der Waals surface area contributed by atoms with E-state index in [1.165, 1.54) is 0 Å². The van der Waals surface area contributed by atoms with Gasteiger partial charge in [0, 0.05) is 30.0 Å². The van der Waals surface area contributed by atoms with Crippen molar-refractivity contribution in [3.05, 3.63) is 71.7 Å². The number of aliphatic hydroxyl groups excluding tert-OH is 1. The zero-order valence-corrected chi connectivity index (χ0v) is 17.0. The Kier molecular flexibility index (Phi) is 7.78. The summed E-state index contributed by atoms with van der Waals surface area (Å²) in [5.74, 6) is 0.109. The SMILES string of the molecule is Cl.Cl.O=C1NC(NC(CCO)c2ccccc2)=NC1=Cc1c[nH]c2ncccc12. The minimum Gasteiger partial charge on any atom is -0.396 e. The molecule has 0 aliphatic carbocycles. The number of aromatic nitrogens is 2. The van der Waals surface area contributed by atoms with Crippen LogP contribution in [0.15, 0.2) is 65.5 Å². The molecule has 4 rings (SSSR count). The van der Waals surface area contributed by atoms with Crippen LogP contribution in [-0.2, 0) is 4.79 Å². The Morgan fingerprint density at radius 2 is 1.93 bits per heavy atom. The number of carbonyl (C=O) groups excluding carboxylic acids is 1. The van der Waals surface area contributed by atoms with Crippen LogP contribution >= 0.6 is 24.8 Å². The normalized spacial score (nSPS) is 15.3. The second kappa shape index (κ2) is 10.1. The van der Waals surface area contributed by atoms with Gasteiger partial charge in [0.15, 0.2) is 0 Å². The molecule has 0 saturated heterocycles. The predicted molar refractivity (Wildman–Crippen MR) is 118 cm³/mol. The maximum Gasteiger partial charge on any atom is 0.276 e. The fraction of sp³-hybridized carbons (Fsp3) is 0.150. The van der Waals surface area contributed by atoms with Crippen molar-refractivity contribution in [1.29, 1.82) is 0 Å². The number of guanidine groups is 1. The molecule has 7 nitrogen and oxygen atoms in total. The second-order valence-electron chi connectivity index (χ2n) is 6.21. The van der Waals surface area contributed by atoms with E-state index >= 15 is 0 Å². The maximum absolute atomic E-state index is 12.3. The highest BCUT2D eigenvalue weighted by molar-refractivity contribution is 6.14. The maximum atomic E-state index is 12.3. The van der Waals surface area contributed by atoms with Gasteiger partial charge in [0.25, 0.3) is 5.91 Å². The Morgan fingerprint density at radius 3 is 2.69 bits per heavy atom. The Balaban J connectivity index is 0.00000150. The number of fused-ring (bicyclic) bond motifs is 1. The van der Waals surface area contributed by atoms with E-state index in [-0.39, 0.29) is 43.4 Å². The smallest absolute Gasteiger partial charge is 0.276 e. The van der Waals surface area contributed by atoms with E-state index in [0.717, 1.165) is 22.2 Å². The van der Waals surface area contributed by atoms with Crippen molar-refractivity contribution in [3.63, 3.8) is 0 Å². The van der Waals surface area contributed by atoms with Crippen molar-refractivity contribution in [2.24, 2.45) is 4.99 Å². The number of carbonyl (C=O) groups is 1. The number of hydrogen-bond donors (Lipinski definition) is 4. The van der Waals surface area contributed by atoms with Gasteiger partial charge in [-0.1, -0.05) is 30.3 Å². The summed E-state index contributed by atoms with van der Waals surface area (Å²) in [5, 5.41) is 16.2. The minimum absolute atomic E-state index is 0. The molecule has 1 unspecified atom stereocenters. The van der Waals surface area contributed by atoms with Crippen LogP contribution in [-0.4, -0.2) is 33.5 Å². The molecule has 2 aromatic heterocycles. The molecule has 0 saturated carbocycles. The van der Waals surface area contributed by atoms with Crippen LogP contribution in [0.4, 0.5) is 0 Å². The van der Waals surface area contributed by atoms with Crippen molar-refractivity contribution in [3.8, 4) is 0 Å². The van der Waals surface area contributed by atoms with Gasteiger partial charge in [-0.3, -0.25) is 10.1 Å². The first-order chi connectivity index (χ1) is 13.2. The van der Waals surface area contributed by atoms with Crippen LogP contribution in [0.5, 0.6) is 0 Å². The summed E-state index contributed by atoms with van der Waals surface area (Å²) in [6.45, 7) is 0.0266. The lowest BCUT2D eigenvalue weighted by Gasteiger charge is -2.18. The fourth-order valence-corrected chi connectivity index (χ4v) is 3.08. The third kappa shape index (κ3) is 4.95. The van der Waals surface area contributed by atoms with Crippen molar-refractivity contribution < 1.29 is 9.90 Å². The molecule has 1 atom stereocenters. The molecule has 1 amide bonds. The zero-order chi connectivity index (χ0) is 18.6. The lowest BCUT2D eigenvalue weighted by atomic mass is 10.0. The molecule has 1 aliphatic heterocycles. The number of rotatable bonds is 5. The van der Waals surface area contributed by atoms with Crippen molar-refractivity contribution >= 4 is 53.8 Å². The summed E-state index contributed by atoms with van der Waals surface area (Å²) >= 11 is 0. The topological polar surface area (TPSA) is 102 Å². The fourth-order valence-electron chi connectivity index (χ4n) is 3.08. The van der Waals surface area contributed by atoms with Crippen molar-refractivity contribution in [2.45, 2.75) is 12.5 Å². The average Bonchev–Trinajstić information content (AvgIpc) is 3.26. The highest BCUT2D eigenvalue weighted by Gasteiger charge is 2.23. The molecule has 0 radical (unpaired) electrons. The molecule has 152 valence electrons. The molecule has 1 aliphatic rings. The third-order valence-corrected chi connectivity index (χ3v) is 4.40. The van der Waals surface area contributed by atoms with Crippen molar-refractivity contribution in [2.75, 3.05) is 6.61 Å². The molecule has 3 heterocycles. The Hall–Kier alpha value is -2.87. The van der Waals surface area contributed by atoms with Gasteiger partial charge in [0.05, 0.1) is 6.04 Å². The molecule has 0 spiro atoms. The van der Waals surface area contributed by atoms with Crippen LogP contribution in [0.2, 0.25) is 0 Å². The van der Waals surface area contributed by atoms with Gasteiger partial charge in [0.1, 0.15) is 11.3 Å². The number of aromatic amines is 1. The Morgan fingerprint density at radius 1 is 1.14 bits per heavy atom. The first-order valence-corrected chi connectivity index (χ1v) is 8.71. The van der Waals surface area contributed by atoms with Gasteiger partial charge in [-0.2, -0.15) is 0 Å². The van der Waals surface area contributed by atoms with Crippen molar-refractivity contribution in [1.82, 2.24) is 20.6 Å². The number of halogens is 2. The molecular weight excluding hydrogens is 413 g/mol. The van der Waals surface area contributed by atoms with Crippen LogP contribution in [0.25, 0.3) is 17.1 Å².